The molecule has 1 aromatic rings. The first-order valence-corrected chi connectivity index (χ1v) is 8.10. The molecule has 2 heterocycles. The number of halogens is 3. The quantitative estimate of drug-likeness (QED) is 0.168. The predicted molar refractivity (Wildman–Crippen MR) is 123 cm³/mol. The van der Waals surface area contributed by atoms with Crippen molar-refractivity contribution in [3.63, 3.8) is 0 Å². The summed E-state index contributed by atoms with van der Waals surface area (Å²) in [6, 6.07) is 2.72. The van der Waals surface area contributed by atoms with Gasteiger partial charge in [0.25, 0.3) is 0 Å². The maximum atomic E-state index is 10.5. The average molecular weight is 579 g/mol. The first-order valence-electron chi connectivity index (χ1n) is 8.10. The van der Waals surface area contributed by atoms with E-state index in [0.717, 1.165) is 32.0 Å². The van der Waals surface area contributed by atoms with Gasteiger partial charge in [-0.3, -0.25) is 15.1 Å². The fourth-order valence-corrected chi connectivity index (χ4v) is 2.49. The van der Waals surface area contributed by atoms with E-state index in [1.54, 1.807) is 0 Å². The summed E-state index contributed by atoms with van der Waals surface area (Å²) in [7, 11) is 0. The molecule has 1 fully saturated rings. The van der Waals surface area contributed by atoms with Crippen molar-refractivity contribution < 1.29 is 9.34 Å². The Morgan fingerprint density at radius 2 is 2.07 bits per heavy atom. The summed E-state index contributed by atoms with van der Waals surface area (Å²) in [5, 5.41) is 14.3. The Bertz CT molecular complexity index is 603. The van der Waals surface area contributed by atoms with E-state index in [1.807, 2.05) is 0 Å². The van der Waals surface area contributed by atoms with Crippen LogP contribution in [0.2, 0.25) is 0 Å². The van der Waals surface area contributed by atoms with E-state index in [9.17, 15) is 10.1 Å². The summed E-state index contributed by atoms with van der Waals surface area (Å²) in [6.07, 6.45) is 4.80. The molecule has 9 nitrogen and oxygen atoms in total. The SMILES string of the molecule is Br.Br.Br.CC1CCN(CCCN=C(N)NN=Cc2ccc([N+](=O)[O-])o2)CC1. The lowest BCUT2D eigenvalue weighted by Gasteiger charge is -2.29. The van der Waals surface area contributed by atoms with Crippen molar-refractivity contribution in [3.8, 4) is 0 Å². The van der Waals surface area contributed by atoms with Crippen LogP contribution in [0, 0.1) is 16.0 Å². The maximum Gasteiger partial charge on any atom is 0.433 e. The third kappa shape index (κ3) is 10.8. The number of nitrogens with zero attached hydrogens (tertiary/aromatic N) is 4. The van der Waals surface area contributed by atoms with Crippen molar-refractivity contribution in [2.24, 2.45) is 21.7 Å². The number of hydrogen-bond donors (Lipinski definition) is 2. The lowest BCUT2D eigenvalue weighted by Crippen LogP contribution is -2.34. The van der Waals surface area contributed by atoms with Crippen LogP contribution in [-0.2, 0) is 0 Å². The highest BCUT2D eigenvalue weighted by molar-refractivity contribution is 8.93. The van der Waals surface area contributed by atoms with Gasteiger partial charge in [-0.25, -0.2) is 5.43 Å². The van der Waals surface area contributed by atoms with E-state index in [4.69, 9.17) is 10.2 Å². The van der Waals surface area contributed by atoms with Crippen molar-refractivity contribution in [2.45, 2.75) is 26.2 Å². The number of nitrogens with two attached hydrogens (primary N) is 1. The van der Waals surface area contributed by atoms with Gasteiger partial charge in [0.05, 0.1) is 12.3 Å². The second-order valence-corrected chi connectivity index (χ2v) is 5.95. The van der Waals surface area contributed by atoms with Gasteiger partial charge in [-0.05, 0) is 50.9 Å². The van der Waals surface area contributed by atoms with E-state index in [-0.39, 0.29) is 68.5 Å². The average Bonchev–Trinajstić information content (AvgIpc) is 3.02. The van der Waals surface area contributed by atoms with Crippen LogP contribution in [0.3, 0.4) is 0 Å². The molecule has 0 bridgehead atoms. The maximum absolute atomic E-state index is 10.5. The van der Waals surface area contributed by atoms with Gasteiger partial charge in [-0.1, -0.05) is 6.92 Å². The Morgan fingerprint density at radius 1 is 1.41 bits per heavy atom. The second kappa shape index (κ2) is 15.0. The number of piperidine rings is 1. The van der Waals surface area contributed by atoms with E-state index in [0.29, 0.717) is 6.54 Å². The minimum Gasteiger partial charge on any atom is -0.400 e. The lowest BCUT2D eigenvalue weighted by atomic mass is 9.99. The molecule has 0 unspecified atom stereocenters. The highest BCUT2D eigenvalue weighted by Crippen LogP contribution is 2.16. The first kappa shape index (κ1) is 28.2. The molecular formula is C15H27Br3N6O3. The number of nitro groups is 1. The largest absolute Gasteiger partial charge is 0.433 e. The summed E-state index contributed by atoms with van der Waals surface area (Å²) in [4.78, 5) is 16.5. The zero-order valence-electron chi connectivity index (χ0n) is 15.1. The highest BCUT2D eigenvalue weighted by Gasteiger charge is 2.14. The summed E-state index contributed by atoms with van der Waals surface area (Å²) >= 11 is 0. The number of likely N-dealkylation sites (tertiary alicyclic amines) is 1. The minimum absolute atomic E-state index is 0. The molecule has 3 N–H and O–H groups in total. The molecule has 1 aliphatic rings. The van der Waals surface area contributed by atoms with Gasteiger partial charge in [-0.15, -0.1) is 50.9 Å². The smallest absolute Gasteiger partial charge is 0.400 e. The highest BCUT2D eigenvalue weighted by atomic mass is 79.9. The van der Waals surface area contributed by atoms with Crippen molar-refractivity contribution in [2.75, 3.05) is 26.2 Å². The second-order valence-electron chi connectivity index (χ2n) is 5.95. The molecular weight excluding hydrogens is 552 g/mol. The monoisotopic (exact) mass is 576 g/mol. The molecule has 0 spiro atoms. The van der Waals surface area contributed by atoms with Crippen LogP contribution < -0.4 is 11.2 Å². The summed E-state index contributed by atoms with van der Waals surface area (Å²) in [6.45, 7) is 6.29. The van der Waals surface area contributed by atoms with Gasteiger partial charge in [-0.2, -0.15) is 5.10 Å². The predicted octanol–water partition coefficient (Wildman–Crippen LogP) is 3.28. The topological polar surface area (TPSA) is 122 Å². The zero-order chi connectivity index (χ0) is 17.4. The van der Waals surface area contributed by atoms with Gasteiger partial charge in [0.15, 0.2) is 5.76 Å². The molecule has 12 heteroatoms. The first-order chi connectivity index (χ1) is 11.5. The van der Waals surface area contributed by atoms with E-state index in [1.165, 1.54) is 31.2 Å². The van der Waals surface area contributed by atoms with Gasteiger partial charge in [0.2, 0.25) is 5.96 Å². The number of rotatable bonds is 7. The third-order valence-electron chi connectivity index (χ3n) is 3.95. The van der Waals surface area contributed by atoms with Gasteiger partial charge in [0.1, 0.15) is 4.92 Å². The van der Waals surface area contributed by atoms with Crippen molar-refractivity contribution in [1.82, 2.24) is 10.3 Å². The molecule has 0 radical (unpaired) electrons. The van der Waals surface area contributed by atoms with Crippen LogP contribution in [0.5, 0.6) is 0 Å². The van der Waals surface area contributed by atoms with Crippen LogP contribution in [-0.4, -0.2) is 48.2 Å². The van der Waals surface area contributed by atoms with E-state index in [2.05, 4.69) is 27.3 Å². The van der Waals surface area contributed by atoms with Crippen molar-refractivity contribution in [1.29, 1.82) is 0 Å². The zero-order valence-corrected chi connectivity index (χ0v) is 20.2. The van der Waals surface area contributed by atoms with Crippen LogP contribution in [0.4, 0.5) is 5.88 Å². The number of hydrogen-bond acceptors (Lipinski definition) is 6. The van der Waals surface area contributed by atoms with Crippen LogP contribution in [0.1, 0.15) is 31.9 Å². The number of nitrogens with one attached hydrogen (secondary N) is 1. The molecule has 1 aromatic heterocycles. The van der Waals surface area contributed by atoms with Crippen molar-refractivity contribution in [3.05, 3.63) is 28.0 Å². The Labute approximate surface area is 190 Å². The molecule has 0 atom stereocenters. The lowest BCUT2D eigenvalue weighted by molar-refractivity contribution is -0.402. The molecule has 27 heavy (non-hydrogen) atoms. The number of furan rings is 1. The molecule has 1 aliphatic heterocycles. The van der Waals surface area contributed by atoms with Crippen LogP contribution in [0.25, 0.3) is 0 Å². The molecule has 156 valence electrons. The normalized spacial score (nSPS) is 15.5. The van der Waals surface area contributed by atoms with Gasteiger partial charge < -0.3 is 15.1 Å². The van der Waals surface area contributed by atoms with Gasteiger partial charge in [0, 0.05) is 6.54 Å². The molecule has 2 rings (SSSR count). The Balaban J connectivity index is 0. The van der Waals surface area contributed by atoms with Crippen molar-refractivity contribution >= 4 is 69.0 Å². The Morgan fingerprint density at radius 3 is 2.67 bits per heavy atom. The van der Waals surface area contributed by atoms with Crippen LogP contribution >= 0.6 is 50.9 Å². The molecule has 0 aromatic carbocycles. The summed E-state index contributed by atoms with van der Waals surface area (Å²) in [5.41, 5.74) is 8.27. The Kier molecular flexibility index (Phi) is 15.7. The molecule has 0 aliphatic carbocycles. The fourth-order valence-electron chi connectivity index (χ4n) is 2.49. The standard InChI is InChI=1S/C15H24N6O3.3BrH/c1-12-5-9-20(10-6-12)8-2-7-17-15(16)19-18-11-13-3-4-14(24-13)21(22)23;;;/h3-4,11-12H,2,5-10H2,1H3,(H3,16,17,19);3*1H. The Hall–Kier alpha value is -0.980. The fraction of sp³-hybridized carbons (Fsp3) is 0.600. The summed E-state index contributed by atoms with van der Waals surface area (Å²) in [5.74, 6) is 0.985. The van der Waals surface area contributed by atoms with E-state index < -0.39 is 4.92 Å². The summed E-state index contributed by atoms with van der Waals surface area (Å²) < 4.78 is 4.93. The number of guanidine groups is 1. The molecule has 0 saturated carbocycles. The van der Waals surface area contributed by atoms with Crippen LogP contribution in [0.15, 0.2) is 26.6 Å². The molecule has 1 saturated heterocycles. The minimum atomic E-state index is -0.608. The number of aliphatic imine (C=N–C) groups is 1. The molecule has 0 amide bonds. The van der Waals surface area contributed by atoms with E-state index >= 15 is 0 Å². The number of hydrazone groups is 1. The van der Waals surface area contributed by atoms with Gasteiger partial charge >= 0.3 is 5.88 Å². The third-order valence-corrected chi connectivity index (χ3v) is 3.95.